The SMILES string of the molecule is Cn1c(=O)c2c(nc([N+](=O)[O-])n2CCCOS(C)(=O)=O)n(C)c1=O. The van der Waals surface area contributed by atoms with E-state index in [1.807, 2.05) is 0 Å². The molecule has 0 spiro atoms. The molecule has 132 valence electrons. The third-order valence-electron chi connectivity index (χ3n) is 3.31. The van der Waals surface area contributed by atoms with Crippen molar-refractivity contribution in [2.45, 2.75) is 13.0 Å². The van der Waals surface area contributed by atoms with E-state index in [1.165, 1.54) is 14.1 Å². The highest BCUT2D eigenvalue weighted by Gasteiger charge is 2.27. The maximum atomic E-state index is 12.3. The van der Waals surface area contributed by atoms with Crippen LogP contribution >= 0.6 is 0 Å². The van der Waals surface area contributed by atoms with Gasteiger partial charge < -0.3 is 10.1 Å². The van der Waals surface area contributed by atoms with Crippen LogP contribution in [-0.4, -0.2) is 44.9 Å². The van der Waals surface area contributed by atoms with Gasteiger partial charge in [0.2, 0.25) is 5.52 Å². The Labute approximate surface area is 135 Å². The van der Waals surface area contributed by atoms with Crippen molar-refractivity contribution in [2.75, 3.05) is 12.9 Å². The van der Waals surface area contributed by atoms with E-state index in [0.717, 1.165) is 20.0 Å². The lowest BCUT2D eigenvalue weighted by Crippen LogP contribution is -2.37. The molecule has 2 heterocycles. The highest BCUT2D eigenvalue weighted by atomic mass is 32.2. The molecule has 0 fully saturated rings. The minimum Gasteiger partial charge on any atom is -0.390 e. The van der Waals surface area contributed by atoms with Gasteiger partial charge in [-0.1, -0.05) is 0 Å². The Hall–Kier alpha value is -2.54. The van der Waals surface area contributed by atoms with Crippen LogP contribution in [0.1, 0.15) is 6.42 Å². The van der Waals surface area contributed by atoms with Gasteiger partial charge >= 0.3 is 11.6 Å². The van der Waals surface area contributed by atoms with Gasteiger partial charge in [0.15, 0.2) is 0 Å². The number of fused-ring (bicyclic) bond motifs is 1. The van der Waals surface area contributed by atoms with Gasteiger partial charge in [-0.05, 0) is 9.91 Å². The van der Waals surface area contributed by atoms with Crippen LogP contribution in [0.4, 0.5) is 5.95 Å². The lowest BCUT2D eigenvalue weighted by Gasteiger charge is -2.04. The first kappa shape index (κ1) is 17.8. The fraction of sp³-hybridized carbons (Fsp3) is 0.545. The third-order valence-corrected chi connectivity index (χ3v) is 3.91. The quantitative estimate of drug-likeness (QED) is 0.267. The van der Waals surface area contributed by atoms with Gasteiger partial charge in [-0.25, -0.2) is 9.36 Å². The average Bonchev–Trinajstić information content (AvgIpc) is 2.86. The Kier molecular flexibility index (Phi) is 4.57. The molecule has 0 aromatic carbocycles. The monoisotopic (exact) mass is 361 g/mol. The molecule has 0 saturated carbocycles. The number of rotatable bonds is 6. The van der Waals surface area contributed by atoms with Crippen molar-refractivity contribution in [1.82, 2.24) is 18.7 Å². The van der Waals surface area contributed by atoms with Crippen molar-refractivity contribution in [3.05, 3.63) is 31.0 Å². The summed E-state index contributed by atoms with van der Waals surface area (Å²) in [5.41, 5.74) is -1.60. The molecule has 24 heavy (non-hydrogen) atoms. The Morgan fingerprint density at radius 3 is 2.42 bits per heavy atom. The van der Waals surface area contributed by atoms with Gasteiger partial charge in [0.1, 0.15) is 0 Å². The molecular weight excluding hydrogens is 346 g/mol. The first-order valence-corrected chi connectivity index (χ1v) is 8.51. The summed E-state index contributed by atoms with van der Waals surface area (Å²) in [5.74, 6) is -0.609. The highest BCUT2D eigenvalue weighted by Crippen LogP contribution is 2.18. The predicted octanol–water partition coefficient (Wildman–Crippen LogP) is -1.29. The summed E-state index contributed by atoms with van der Waals surface area (Å²) in [7, 11) is -1.04. The second-order valence-electron chi connectivity index (χ2n) is 5.08. The Bertz CT molecular complexity index is 1030. The predicted molar refractivity (Wildman–Crippen MR) is 82.3 cm³/mol. The van der Waals surface area contributed by atoms with Crippen LogP contribution in [-0.2, 0) is 34.9 Å². The molecule has 0 saturated heterocycles. The normalized spacial score (nSPS) is 12.0. The number of nitro groups is 1. The van der Waals surface area contributed by atoms with Crippen molar-refractivity contribution >= 4 is 27.2 Å². The zero-order valence-corrected chi connectivity index (χ0v) is 13.9. The number of hydrogen-bond acceptors (Lipinski definition) is 8. The van der Waals surface area contributed by atoms with E-state index in [4.69, 9.17) is 0 Å². The molecule has 0 amide bonds. The minimum absolute atomic E-state index is 0.0736. The molecule has 0 aliphatic rings. The minimum atomic E-state index is -3.63. The van der Waals surface area contributed by atoms with Crippen LogP contribution < -0.4 is 11.2 Å². The van der Waals surface area contributed by atoms with Crippen LogP contribution in [0.2, 0.25) is 0 Å². The first-order chi connectivity index (χ1) is 11.0. The van der Waals surface area contributed by atoms with Gasteiger partial charge in [-0.2, -0.15) is 8.42 Å². The van der Waals surface area contributed by atoms with E-state index in [-0.39, 0.29) is 30.7 Å². The number of nitrogens with zero attached hydrogens (tertiary/aromatic N) is 5. The van der Waals surface area contributed by atoms with Gasteiger partial charge in [-0.3, -0.25) is 18.1 Å². The first-order valence-electron chi connectivity index (χ1n) is 6.69. The van der Waals surface area contributed by atoms with E-state index in [1.54, 1.807) is 0 Å². The zero-order chi connectivity index (χ0) is 18.2. The molecule has 0 unspecified atom stereocenters. The number of hydrogen-bond donors (Lipinski definition) is 0. The van der Waals surface area contributed by atoms with Crippen molar-refractivity contribution < 1.29 is 17.5 Å². The van der Waals surface area contributed by atoms with Crippen LogP contribution in [0, 0.1) is 10.1 Å². The molecule has 2 rings (SSSR count). The molecule has 0 aliphatic heterocycles. The second-order valence-corrected chi connectivity index (χ2v) is 6.72. The van der Waals surface area contributed by atoms with Gasteiger partial charge in [0.25, 0.3) is 21.3 Å². The Morgan fingerprint density at radius 2 is 1.88 bits per heavy atom. The summed E-state index contributed by atoms with van der Waals surface area (Å²) in [5, 5.41) is 11.2. The van der Waals surface area contributed by atoms with Crippen molar-refractivity contribution in [2.24, 2.45) is 14.1 Å². The number of imidazole rings is 1. The molecule has 12 nitrogen and oxygen atoms in total. The van der Waals surface area contributed by atoms with E-state index < -0.39 is 32.2 Å². The lowest BCUT2D eigenvalue weighted by atomic mass is 10.4. The summed E-state index contributed by atoms with van der Waals surface area (Å²) in [6.45, 7) is -0.280. The third kappa shape index (κ3) is 3.21. The standard InChI is InChI=1S/C11H15N5O7S/c1-13-8-7(9(17)14(2)11(13)18)15(10(12-8)16(19)20)5-4-6-23-24(3,21)22/h4-6H2,1-3H3. The van der Waals surface area contributed by atoms with Crippen molar-refractivity contribution in [3.63, 3.8) is 0 Å². The van der Waals surface area contributed by atoms with Gasteiger partial charge in [-0.15, -0.1) is 0 Å². The summed E-state index contributed by atoms with van der Waals surface area (Å²) in [4.78, 5) is 38.3. The van der Waals surface area contributed by atoms with Gasteiger partial charge in [0.05, 0.1) is 19.4 Å². The smallest absolute Gasteiger partial charge is 0.390 e. The van der Waals surface area contributed by atoms with E-state index in [0.29, 0.717) is 0 Å². The highest BCUT2D eigenvalue weighted by molar-refractivity contribution is 7.85. The number of aromatic nitrogens is 4. The van der Waals surface area contributed by atoms with Crippen LogP contribution in [0.25, 0.3) is 11.2 Å². The molecule has 0 bridgehead atoms. The van der Waals surface area contributed by atoms with E-state index >= 15 is 0 Å². The summed E-state index contributed by atoms with van der Waals surface area (Å²) in [6.07, 6.45) is 0.971. The molecule has 0 aliphatic carbocycles. The van der Waals surface area contributed by atoms with Crippen LogP contribution in [0.15, 0.2) is 9.59 Å². The number of aryl methyl sites for hydroxylation is 2. The Morgan fingerprint density at radius 1 is 1.25 bits per heavy atom. The average molecular weight is 361 g/mol. The van der Waals surface area contributed by atoms with Crippen molar-refractivity contribution in [1.29, 1.82) is 0 Å². The van der Waals surface area contributed by atoms with Crippen molar-refractivity contribution in [3.8, 4) is 0 Å². The topological polar surface area (TPSA) is 148 Å². The second kappa shape index (κ2) is 6.16. The van der Waals surface area contributed by atoms with E-state index in [9.17, 15) is 28.1 Å². The maximum Gasteiger partial charge on any atom is 0.437 e. The summed E-state index contributed by atoms with van der Waals surface area (Å²) in [6, 6.07) is 0. The molecule has 0 atom stereocenters. The summed E-state index contributed by atoms with van der Waals surface area (Å²) < 4.78 is 29.3. The molecule has 2 aromatic heterocycles. The molecule has 2 aromatic rings. The van der Waals surface area contributed by atoms with E-state index in [2.05, 4.69) is 9.17 Å². The maximum absolute atomic E-state index is 12.3. The molecule has 0 N–H and O–H groups in total. The van der Waals surface area contributed by atoms with Crippen LogP contribution in [0.5, 0.6) is 0 Å². The molecule has 13 heteroatoms. The fourth-order valence-corrected chi connectivity index (χ4v) is 2.64. The molecule has 0 radical (unpaired) electrons. The fourth-order valence-electron chi connectivity index (χ4n) is 2.22. The molecular formula is C11H15N5O7S. The zero-order valence-electron chi connectivity index (χ0n) is 13.1. The lowest BCUT2D eigenvalue weighted by molar-refractivity contribution is -0.396. The summed E-state index contributed by atoms with van der Waals surface area (Å²) >= 11 is 0. The Balaban J connectivity index is 2.55. The van der Waals surface area contributed by atoms with Gasteiger partial charge in [0, 0.05) is 20.5 Å². The largest absolute Gasteiger partial charge is 0.437 e. The van der Waals surface area contributed by atoms with Crippen LogP contribution in [0.3, 0.4) is 0 Å².